The molecule has 0 bridgehead atoms. The van der Waals surface area contributed by atoms with Gasteiger partial charge in [0.2, 0.25) is 0 Å². The van der Waals surface area contributed by atoms with Crippen LogP contribution in [0.1, 0.15) is 24.8 Å². The molecule has 1 rings (SSSR count). The second-order valence-corrected chi connectivity index (χ2v) is 8.16. The summed E-state index contributed by atoms with van der Waals surface area (Å²) in [4.78, 5) is 0.285. The molecule has 0 spiro atoms. The van der Waals surface area contributed by atoms with Gasteiger partial charge in [0.1, 0.15) is 0 Å². The molecule has 108 valence electrons. The molecule has 0 aliphatic carbocycles. The zero-order chi connectivity index (χ0) is 14.5. The van der Waals surface area contributed by atoms with Crippen LogP contribution in [-0.2, 0) is 20.0 Å². The Balaban J connectivity index is 2.46. The Hall–Kier alpha value is -0.920. The molecule has 5 nitrogen and oxygen atoms in total. The van der Waals surface area contributed by atoms with E-state index in [0.717, 1.165) is 5.56 Å². The Morgan fingerprint density at radius 2 is 1.42 bits per heavy atom. The summed E-state index contributed by atoms with van der Waals surface area (Å²) in [6.07, 6.45) is 1.10. The van der Waals surface area contributed by atoms with Crippen LogP contribution in [0.5, 0.6) is 0 Å². The second-order valence-electron chi connectivity index (χ2n) is 4.48. The smallest absolute Gasteiger partial charge is 0.264 e. The van der Waals surface area contributed by atoms with Gasteiger partial charge in [0.25, 0.3) is 10.1 Å². The SMILES string of the molecule is Cc1ccc(S(=O)(=O)CCCCCS(=O)(=O)O)cc1. The van der Waals surface area contributed by atoms with E-state index >= 15 is 0 Å². The summed E-state index contributed by atoms with van der Waals surface area (Å²) >= 11 is 0. The summed E-state index contributed by atoms with van der Waals surface area (Å²) in [5.74, 6) is -0.334. The molecule has 0 radical (unpaired) electrons. The maximum absolute atomic E-state index is 11.9. The highest BCUT2D eigenvalue weighted by atomic mass is 32.2. The number of unbranched alkanes of at least 4 members (excludes halogenated alkanes) is 2. The third-order valence-electron chi connectivity index (χ3n) is 2.70. The lowest BCUT2D eigenvalue weighted by Crippen LogP contribution is -2.08. The second kappa shape index (κ2) is 6.49. The van der Waals surface area contributed by atoms with Crippen molar-refractivity contribution in [2.75, 3.05) is 11.5 Å². The van der Waals surface area contributed by atoms with Crippen LogP contribution < -0.4 is 0 Å². The predicted molar refractivity (Wildman–Crippen MR) is 73.5 cm³/mol. The molecule has 0 saturated heterocycles. The van der Waals surface area contributed by atoms with E-state index in [0.29, 0.717) is 12.8 Å². The molecule has 0 heterocycles. The average molecular weight is 306 g/mol. The van der Waals surface area contributed by atoms with Crippen molar-refractivity contribution in [2.24, 2.45) is 0 Å². The third-order valence-corrected chi connectivity index (χ3v) is 5.32. The standard InChI is InChI=1S/C12H18O5S2/c1-11-5-7-12(8-6-11)18(13,14)9-3-2-4-10-19(15,16)17/h5-8H,2-4,9-10H2,1H3,(H,15,16,17). The van der Waals surface area contributed by atoms with Crippen molar-refractivity contribution >= 4 is 20.0 Å². The molecule has 0 amide bonds. The Morgan fingerprint density at radius 1 is 0.895 bits per heavy atom. The summed E-state index contributed by atoms with van der Waals surface area (Å²) in [7, 11) is -7.25. The Morgan fingerprint density at radius 3 is 1.95 bits per heavy atom. The number of rotatable bonds is 7. The van der Waals surface area contributed by atoms with Crippen LogP contribution in [0.15, 0.2) is 29.2 Å². The van der Waals surface area contributed by atoms with Crippen molar-refractivity contribution in [3.05, 3.63) is 29.8 Å². The highest BCUT2D eigenvalue weighted by Crippen LogP contribution is 2.14. The number of aryl methyl sites for hydroxylation is 1. The van der Waals surface area contributed by atoms with Crippen molar-refractivity contribution < 1.29 is 21.4 Å². The first-order valence-electron chi connectivity index (χ1n) is 5.95. The molecular formula is C12H18O5S2. The van der Waals surface area contributed by atoms with E-state index in [9.17, 15) is 16.8 Å². The van der Waals surface area contributed by atoms with Crippen LogP contribution >= 0.6 is 0 Å². The molecule has 0 unspecified atom stereocenters. The Kier molecular flexibility index (Phi) is 5.51. The van der Waals surface area contributed by atoms with Gasteiger partial charge in [-0.25, -0.2) is 8.42 Å². The van der Waals surface area contributed by atoms with Crippen LogP contribution in [0.3, 0.4) is 0 Å². The van der Waals surface area contributed by atoms with E-state index in [4.69, 9.17) is 4.55 Å². The normalized spacial score (nSPS) is 12.5. The first-order chi connectivity index (χ1) is 8.71. The maximum Gasteiger partial charge on any atom is 0.264 e. The fourth-order valence-electron chi connectivity index (χ4n) is 1.62. The van der Waals surface area contributed by atoms with Gasteiger partial charge in [-0.1, -0.05) is 24.1 Å². The Bertz CT molecular complexity index is 600. The van der Waals surface area contributed by atoms with Gasteiger partial charge in [0, 0.05) is 0 Å². The van der Waals surface area contributed by atoms with E-state index in [1.807, 2.05) is 6.92 Å². The van der Waals surface area contributed by atoms with E-state index in [1.54, 1.807) is 24.3 Å². The molecule has 7 heteroatoms. The summed E-state index contributed by atoms with van der Waals surface area (Å²) in [6.45, 7) is 1.88. The highest BCUT2D eigenvalue weighted by Gasteiger charge is 2.13. The van der Waals surface area contributed by atoms with E-state index < -0.39 is 20.0 Å². The lowest BCUT2D eigenvalue weighted by atomic mass is 10.2. The van der Waals surface area contributed by atoms with Gasteiger partial charge in [0.15, 0.2) is 9.84 Å². The van der Waals surface area contributed by atoms with Gasteiger partial charge >= 0.3 is 0 Å². The molecule has 0 fully saturated rings. The fourth-order valence-corrected chi connectivity index (χ4v) is 3.56. The van der Waals surface area contributed by atoms with E-state index in [-0.39, 0.29) is 22.8 Å². The molecule has 1 N–H and O–H groups in total. The van der Waals surface area contributed by atoms with E-state index in [2.05, 4.69) is 0 Å². The first-order valence-corrected chi connectivity index (χ1v) is 9.21. The van der Waals surface area contributed by atoms with Gasteiger partial charge in [0.05, 0.1) is 16.4 Å². The molecule has 0 aliphatic heterocycles. The first kappa shape index (κ1) is 16.1. The minimum Gasteiger partial charge on any atom is -0.286 e. The molecule has 1 aromatic carbocycles. The largest absolute Gasteiger partial charge is 0.286 e. The zero-order valence-electron chi connectivity index (χ0n) is 10.7. The third kappa shape index (κ3) is 6.17. The van der Waals surface area contributed by atoms with Gasteiger partial charge in [-0.15, -0.1) is 0 Å². The van der Waals surface area contributed by atoms with Crippen LogP contribution in [0.2, 0.25) is 0 Å². The fraction of sp³-hybridized carbons (Fsp3) is 0.500. The topological polar surface area (TPSA) is 88.5 Å². The molecule has 0 aromatic heterocycles. The van der Waals surface area contributed by atoms with Crippen molar-refractivity contribution in [1.29, 1.82) is 0 Å². The molecule has 0 aliphatic rings. The van der Waals surface area contributed by atoms with E-state index in [1.165, 1.54) is 0 Å². The molecule has 1 aromatic rings. The number of hydrogen-bond donors (Lipinski definition) is 1. The summed E-state index contributed by atoms with van der Waals surface area (Å²) in [5, 5.41) is 0. The zero-order valence-corrected chi connectivity index (χ0v) is 12.4. The van der Waals surface area contributed by atoms with Crippen molar-refractivity contribution in [1.82, 2.24) is 0 Å². The summed E-state index contributed by atoms with van der Waals surface area (Å²) in [5.41, 5.74) is 0.993. The lowest BCUT2D eigenvalue weighted by Gasteiger charge is -2.04. The number of hydrogen-bond acceptors (Lipinski definition) is 4. The predicted octanol–water partition coefficient (Wildman–Crippen LogP) is 1.83. The van der Waals surface area contributed by atoms with Crippen LogP contribution in [0, 0.1) is 6.92 Å². The minimum atomic E-state index is -3.95. The minimum absolute atomic E-state index is 0.0124. The molecular weight excluding hydrogens is 288 g/mol. The van der Waals surface area contributed by atoms with Crippen LogP contribution in [-0.4, -0.2) is 32.9 Å². The molecule has 19 heavy (non-hydrogen) atoms. The Labute approximate surface area is 114 Å². The quantitative estimate of drug-likeness (QED) is 0.613. The summed E-state index contributed by atoms with van der Waals surface area (Å²) < 4.78 is 53.4. The monoisotopic (exact) mass is 306 g/mol. The highest BCUT2D eigenvalue weighted by molar-refractivity contribution is 7.91. The van der Waals surface area contributed by atoms with Gasteiger partial charge in [-0.2, -0.15) is 8.42 Å². The van der Waals surface area contributed by atoms with Gasteiger partial charge < -0.3 is 0 Å². The average Bonchev–Trinajstić information content (AvgIpc) is 2.27. The van der Waals surface area contributed by atoms with Gasteiger partial charge in [-0.05, 0) is 31.9 Å². The van der Waals surface area contributed by atoms with Crippen molar-refractivity contribution in [2.45, 2.75) is 31.1 Å². The van der Waals surface area contributed by atoms with Crippen molar-refractivity contribution in [3.8, 4) is 0 Å². The number of sulfone groups is 1. The lowest BCUT2D eigenvalue weighted by molar-refractivity contribution is 0.480. The van der Waals surface area contributed by atoms with Crippen LogP contribution in [0.25, 0.3) is 0 Å². The number of benzene rings is 1. The molecule has 0 saturated carbocycles. The van der Waals surface area contributed by atoms with Gasteiger partial charge in [-0.3, -0.25) is 4.55 Å². The van der Waals surface area contributed by atoms with Crippen LogP contribution in [0.4, 0.5) is 0 Å². The summed E-state index contributed by atoms with van der Waals surface area (Å²) in [6, 6.07) is 6.63. The van der Waals surface area contributed by atoms with Crippen molar-refractivity contribution in [3.63, 3.8) is 0 Å². The molecule has 0 atom stereocenters. The maximum atomic E-state index is 11.9.